The fraction of sp³-hybridized carbons (Fsp3) is 0.400. The van der Waals surface area contributed by atoms with Crippen molar-refractivity contribution in [1.29, 1.82) is 0 Å². The summed E-state index contributed by atoms with van der Waals surface area (Å²) >= 11 is 0. The van der Waals surface area contributed by atoms with Crippen LogP contribution in [0.15, 0.2) is 17.2 Å². The fourth-order valence-corrected chi connectivity index (χ4v) is 1.92. The van der Waals surface area contributed by atoms with Gasteiger partial charge in [0.25, 0.3) is 5.91 Å². The Kier molecular flexibility index (Phi) is 4.22. The number of sulfonamides is 1. The zero-order chi connectivity index (χ0) is 15.7. The molecule has 0 fully saturated rings. The second-order valence-electron chi connectivity index (χ2n) is 4.48. The van der Waals surface area contributed by atoms with Crippen molar-refractivity contribution >= 4 is 21.9 Å². The van der Waals surface area contributed by atoms with Crippen LogP contribution in [0.25, 0.3) is 0 Å². The number of aliphatic hydroxyl groups is 1. The van der Waals surface area contributed by atoms with Crippen LogP contribution in [-0.2, 0) is 21.9 Å². The summed E-state index contributed by atoms with van der Waals surface area (Å²) < 4.78 is 23.5. The molecule has 0 saturated carbocycles. The first-order valence-corrected chi connectivity index (χ1v) is 6.93. The van der Waals surface area contributed by atoms with Gasteiger partial charge in [-0.25, -0.2) is 18.4 Å². The van der Waals surface area contributed by atoms with Crippen LogP contribution in [-0.4, -0.2) is 47.2 Å². The van der Waals surface area contributed by atoms with E-state index < -0.39 is 34.0 Å². The van der Waals surface area contributed by atoms with Crippen molar-refractivity contribution in [3.05, 3.63) is 18.0 Å². The number of carboxylic acid groups (broad SMARTS) is 1. The lowest BCUT2D eigenvalue weighted by molar-refractivity contribution is -0.155. The zero-order valence-electron chi connectivity index (χ0n) is 10.8. The highest BCUT2D eigenvalue weighted by Crippen LogP contribution is 2.12. The average molecular weight is 305 g/mol. The summed E-state index contributed by atoms with van der Waals surface area (Å²) in [5.74, 6) is -2.22. The number of aryl methyl sites for hydroxylation is 1. The van der Waals surface area contributed by atoms with Crippen LogP contribution in [0.4, 0.5) is 0 Å². The van der Waals surface area contributed by atoms with Crippen LogP contribution in [0, 0.1) is 0 Å². The highest BCUT2D eigenvalue weighted by atomic mass is 32.2. The Labute approximate surface area is 115 Å². The lowest BCUT2D eigenvalue weighted by Gasteiger charge is -2.18. The van der Waals surface area contributed by atoms with Gasteiger partial charge in [-0.15, -0.1) is 0 Å². The van der Waals surface area contributed by atoms with Crippen molar-refractivity contribution < 1.29 is 28.2 Å². The van der Waals surface area contributed by atoms with Gasteiger partial charge in [0.15, 0.2) is 5.60 Å². The molecule has 1 aromatic rings. The monoisotopic (exact) mass is 305 g/mol. The minimum atomic E-state index is -3.94. The van der Waals surface area contributed by atoms with Crippen molar-refractivity contribution in [2.75, 3.05) is 6.54 Å². The van der Waals surface area contributed by atoms with E-state index in [1.54, 1.807) is 0 Å². The van der Waals surface area contributed by atoms with Crippen LogP contribution < -0.4 is 10.5 Å². The van der Waals surface area contributed by atoms with Gasteiger partial charge in [0.2, 0.25) is 10.0 Å². The van der Waals surface area contributed by atoms with E-state index in [0.29, 0.717) is 0 Å². The SMILES string of the molecule is Cn1cc(S(N)(=O)=O)cc1C(=O)NCC(C)(O)C(=O)O. The normalized spacial score (nSPS) is 14.6. The molecular weight excluding hydrogens is 290 g/mol. The van der Waals surface area contributed by atoms with Crippen molar-refractivity contribution in [2.24, 2.45) is 12.2 Å². The first kappa shape index (κ1) is 16.1. The van der Waals surface area contributed by atoms with Gasteiger partial charge in [-0.2, -0.15) is 0 Å². The fourth-order valence-electron chi connectivity index (χ4n) is 1.33. The molecule has 9 nitrogen and oxygen atoms in total. The number of aromatic nitrogens is 1. The minimum absolute atomic E-state index is 0.0322. The van der Waals surface area contributed by atoms with E-state index in [2.05, 4.69) is 5.32 Å². The molecule has 5 N–H and O–H groups in total. The molecular formula is C10H15N3O6S. The number of nitrogens with one attached hydrogen (secondary N) is 1. The molecule has 20 heavy (non-hydrogen) atoms. The van der Waals surface area contributed by atoms with Crippen LogP contribution >= 0.6 is 0 Å². The van der Waals surface area contributed by atoms with E-state index in [-0.39, 0.29) is 10.6 Å². The van der Waals surface area contributed by atoms with Gasteiger partial charge in [0.1, 0.15) is 10.6 Å². The molecule has 0 radical (unpaired) electrons. The third kappa shape index (κ3) is 3.56. The van der Waals surface area contributed by atoms with Crippen molar-refractivity contribution in [1.82, 2.24) is 9.88 Å². The molecule has 1 amide bonds. The van der Waals surface area contributed by atoms with Crippen molar-refractivity contribution in [3.63, 3.8) is 0 Å². The lowest BCUT2D eigenvalue weighted by atomic mass is 10.1. The maximum Gasteiger partial charge on any atom is 0.337 e. The molecule has 112 valence electrons. The minimum Gasteiger partial charge on any atom is -0.479 e. The third-order valence-electron chi connectivity index (χ3n) is 2.59. The Balaban J connectivity index is 2.90. The summed E-state index contributed by atoms with van der Waals surface area (Å²) in [5, 5.41) is 25.3. The summed E-state index contributed by atoms with van der Waals surface area (Å²) in [6, 6.07) is 1.06. The van der Waals surface area contributed by atoms with Gasteiger partial charge in [0, 0.05) is 13.2 Å². The Bertz CT molecular complexity index is 646. The van der Waals surface area contributed by atoms with Crippen molar-refractivity contribution in [2.45, 2.75) is 17.4 Å². The van der Waals surface area contributed by atoms with E-state index in [9.17, 15) is 23.1 Å². The number of aliphatic carboxylic acids is 1. The summed E-state index contributed by atoms with van der Waals surface area (Å²) in [7, 11) is -2.51. The zero-order valence-corrected chi connectivity index (χ0v) is 11.6. The van der Waals surface area contributed by atoms with Gasteiger partial charge in [0.05, 0.1) is 6.54 Å². The number of hydrogen-bond acceptors (Lipinski definition) is 5. The topological polar surface area (TPSA) is 152 Å². The second-order valence-corrected chi connectivity index (χ2v) is 6.04. The molecule has 0 saturated heterocycles. The van der Waals surface area contributed by atoms with E-state index >= 15 is 0 Å². The summed E-state index contributed by atoms with van der Waals surface area (Å²) in [5.41, 5.74) is -2.15. The number of nitrogens with zero attached hydrogens (tertiary/aromatic N) is 1. The first-order valence-electron chi connectivity index (χ1n) is 5.38. The number of nitrogens with two attached hydrogens (primary N) is 1. The number of rotatable bonds is 5. The number of carbonyl (C=O) groups excluding carboxylic acids is 1. The maximum atomic E-state index is 11.8. The molecule has 1 unspecified atom stereocenters. The summed E-state index contributed by atoms with van der Waals surface area (Å²) in [6.07, 6.45) is 1.15. The molecule has 1 heterocycles. The van der Waals surface area contributed by atoms with Crippen LogP contribution in [0.5, 0.6) is 0 Å². The molecule has 0 aliphatic heterocycles. The molecule has 10 heteroatoms. The van der Waals surface area contributed by atoms with Gasteiger partial charge in [-0.05, 0) is 13.0 Å². The Hall–Kier alpha value is -1.91. The smallest absolute Gasteiger partial charge is 0.337 e. The lowest BCUT2D eigenvalue weighted by Crippen LogP contribution is -2.46. The standard InChI is InChI=1S/C10H15N3O6S/c1-10(17,9(15)16)5-12-8(14)7-3-6(4-13(7)2)20(11,18)19/h3-4,17H,5H2,1-2H3,(H,12,14)(H,15,16)(H2,11,18,19). The number of primary sulfonamides is 1. The van der Waals surface area contributed by atoms with Crippen LogP contribution in [0.3, 0.4) is 0 Å². The van der Waals surface area contributed by atoms with Crippen LogP contribution in [0.1, 0.15) is 17.4 Å². The molecule has 0 aliphatic carbocycles. The number of amides is 1. The third-order valence-corrected chi connectivity index (χ3v) is 3.48. The molecule has 0 aromatic carbocycles. The molecule has 1 aromatic heterocycles. The molecule has 1 rings (SSSR count). The van der Waals surface area contributed by atoms with Gasteiger partial charge in [-0.1, -0.05) is 0 Å². The molecule has 0 spiro atoms. The average Bonchev–Trinajstić information content (AvgIpc) is 2.68. The Morgan fingerprint density at radius 3 is 2.45 bits per heavy atom. The summed E-state index contributed by atoms with van der Waals surface area (Å²) in [4.78, 5) is 22.2. The molecule has 0 bridgehead atoms. The number of hydrogen-bond donors (Lipinski definition) is 4. The highest BCUT2D eigenvalue weighted by Gasteiger charge is 2.30. The Morgan fingerprint density at radius 2 is 2.05 bits per heavy atom. The van der Waals surface area contributed by atoms with Crippen LogP contribution in [0.2, 0.25) is 0 Å². The second kappa shape index (κ2) is 5.23. The van der Waals surface area contributed by atoms with E-state index in [1.807, 2.05) is 0 Å². The van der Waals surface area contributed by atoms with Gasteiger partial charge in [-0.3, -0.25) is 4.79 Å². The summed E-state index contributed by atoms with van der Waals surface area (Å²) in [6.45, 7) is 0.493. The molecule has 0 aliphatic rings. The van der Waals surface area contributed by atoms with Gasteiger partial charge < -0.3 is 20.1 Å². The number of carboxylic acids is 1. The highest BCUT2D eigenvalue weighted by molar-refractivity contribution is 7.89. The Morgan fingerprint density at radius 1 is 1.50 bits per heavy atom. The van der Waals surface area contributed by atoms with E-state index in [4.69, 9.17) is 10.2 Å². The predicted molar refractivity (Wildman–Crippen MR) is 67.4 cm³/mol. The maximum absolute atomic E-state index is 11.8. The van der Waals surface area contributed by atoms with E-state index in [0.717, 1.165) is 19.2 Å². The first-order chi connectivity index (χ1) is 8.95. The molecule has 1 atom stereocenters. The number of carbonyl (C=O) groups is 2. The largest absolute Gasteiger partial charge is 0.479 e. The predicted octanol–water partition coefficient (Wildman–Crippen LogP) is -1.76. The quantitative estimate of drug-likeness (QED) is 0.505. The van der Waals surface area contributed by atoms with Crippen molar-refractivity contribution in [3.8, 4) is 0 Å². The van der Waals surface area contributed by atoms with Gasteiger partial charge >= 0.3 is 5.97 Å². The van der Waals surface area contributed by atoms with E-state index in [1.165, 1.54) is 11.6 Å².